The van der Waals surface area contributed by atoms with E-state index in [-0.39, 0.29) is 0 Å². The van der Waals surface area contributed by atoms with Gasteiger partial charge in [0.25, 0.3) is 0 Å². The molecule has 25 heavy (non-hydrogen) atoms. The van der Waals surface area contributed by atoms with Crippen LogP contribution in [0.4, 0.5) is 0 Å². The molecule has 0 atom stereocenters. The van der Waals surface area contributed by atoms with Crippen LogP contribution in [0.1, 0.15) is 31.9 Å². The van der Waals surface area contributed by atoms with Gasteiger partial charge in [-0.05, 0) is 37.7 Å². The van der Waals surface area contributed by atoms with Crippen molar-refractivity contribution in [3.8, 4) is 16.9 Å². The minimum Gasteiger partial charge on any atom is -0.494 e. The van der Waals surface area contributed by atoms with Gasteiger partial charge in [0, 0.05) is 39.3 Å². The Labute approximate surface area is 151 Å². The quantitative estimate of drug-likeness (QED) is 0.582. The summed E-state index contributed by atoms with van der Waals surface area (Å²) < 4.78 is 12.7. The maximum Gasteiger partial charge on any atom is 0.119 e. The van der Waals surface area contributed by atoms with Gasteiger partial charge in [-0.1, -0.05) is 25.5 Å². The molecule has 0 fully saturated rings. The lowest BCUT2D eigenvalue weighted by Gasteiger charge is -2.17. The fourth-order valence-electron chi connectivity index (χ4n) is 2.78. The fraction of sp³-hybridized carbons (Fsp3) is 0.550. The van der Waals surface area contributed by atoms with E-state index in [1.54, 1.807) is 7.11 Å². The molecule has 1 aromatic heterocycles. The Balaban J connectivity index is 2.03. The van der Waals surface area contributed by atoms with Crippen molar-refractivity contribution in [3.63, 3.8) is 0 Å². The van der Waals surface area contributed by atoms with Gasteiger partial charge in [-0.2, -0.15) is 5.10 Å². The molecule has 2 rings (SSSR count). The Morgan fingerprint density at radius 3 is 2.56 bits per heavy atom. The van der Waals surface area contributed by atoms with Crippen LogP contribution in [0.15, 0.2) is 30.5 Å². The molecule has 0 aliphatic rings. The molecular formula is C20H31N3O2. The summed E-state index contributed by atoms with van der Waals surface area (Å²) in [4.78, 5) is 2.36. The molecule has 0 saturated heterocycles. The molecule has 138 valence electrons. The van der Waals surface area contributed by atoms with E-state index >= 15 is 0 Å². The van der Waals surface area contributed by atoms with Crippen molar-refractivity contribution in [3.05, 3.63) is 36.2 Å². The zero-order valence-electron chi connectivity index (χ0n) is 16.0. The standard InChI is InChI=1S/C20H31N3O2/c1-5-6-12-22(2)16-20-19(15-21-23(20)3)17-8-10-18(11-9-17)25-14-7-13-24-4/h8-11,15H,5-7,12-14,16H2,1-4H3. The summed E-state index contributed by atoms with van der Waals surface area (Å²) in [6.07, 6.45) is 5.29. The third kappa shape index (κ3) is 5.87. The summed E-state index contributed by atoms with van der Waals surface area (Å²) in [5, 5.41) is 4.46. The van der Waals surface area contributed by atoms with Gasteiger partial charge >= 0.3 is 0 Å². The van der Waals surface area contributed by atoms with Crippen LogP contribution in [0.2, 0.25) is 0 Å². The predicted molar refractivity (Wildman–Crippen MR) is 102 cm³/mol. The lowest BCUT2D eigenvalue weighted by Crippen LogP contribution is -2.21. The molecule has 0 aliphatic heterocycles. The molecule has 0 spiro atoms. The highest BCUT2D eigenvalue weighted by Crippen LogP contribution is 2.26. The Morgan fingerprint density at radius 2 is 1.88 bits per heavy atom. The van der Waals surface area contributed by atoms with Gasteiger partial charge in [-0.25, -0.2) is 0 Å². The molecule has 1 aromatic carbocycles. The third-order valence-electron chi connectivity index (χ3n) is 4.30. The first-order valence-electron chi connectivity index (χ1n) is 9.07. The average molecular weight is 345 g/mol. The number of benzene rings is 1. The zero-order valence-corrected chi connectivity index (χ0v) is 16.0. The number of nitrogens with zero attached hydrogens (tertiary/aromatic N) is 3. The molecule has 0 amide bonds. The molecule has 0 radical (unpaired) electrons. The summed E-state index contributed by atoms with van der Waals surface area (Å²) in [6, 6.07) is 8.27. The molecule has 0 unspecified atom stereocenters. The topological polar surface area (TPSA) is 39.5 Å². The van der Waals surface area contributed by atoms with Gasteiger partial charge in [-0.3, -0.25) is 4.68 Å². The van der Waals surface area contributed by atoms with Gasteiger partial charge in [-0.15, -0.1) is 0 Å². The van der Waals surface area contributed by atoms with Crippen molar-refractivity contribution in [2.45, 2.75) is 32.7 Å². The van der Waals surface area contributed by atoms with E-state index in [2.05, 4.69) is 36.1 Å². The largest absolute Gasteiger partial charge is 0.494 e. The molecular weight excluding hydrogens is 314 g/mol. The Kier molecular flexibility index (Phi) is 7.95. The van der Waals surface area contributed by atoms with Gasteiger partial charge < -0.3 is 14.4 Å². The highest BCUT2D eigenvalue weighted by molar-refractivity contribution is 5.66. The van der Waals surface area contributed by atoms with Crippen LogP contribution in [0.25, 0.3) is 11.1 Å². The van der Waals surface area contributed by atoms with Crippen molar-refractivity contribution in [1.29, 1.82) is 0 Å². The first-order chi connectivity index (χ1) is 12.2. The van der Waals surface area contributed by atoms with Gasteiger partial charge in [0.2, 0.25) is 0 Å². The molecule has 0 bridgehead atoms. The number of hydrogen-bond donors (Lipinski definition) is 0. The number of methoxy groups -OCH3 is 1. The minimum atomic E-state index is 0.674. The second kappa shape index (κ2) is 10.2. The summed E-state index contributed by atoms with van der Waals surface area (Å²) in [6.45, 7) is 5.63. The van der Waals surface area contributed by atoms with E-state index in [0.717, 1.165) is 31.9 Å². The SMILES string of the molecule is CCCCN(C)Cc1c(-c2ccc(OCCCOC)cc2)cnn1C. The number of hydrogen-bond acceptors (Lipinski definition) is 4. The van der Waals surface area contributed by atoms with Gasteiger partial charge in [0.1, 0.15) is 5.75 Å². The highest BCUT2D eigenvalue weighted by Gasteiger charge is 2.13. The van der Waals surface area contributed by atoms with Crippen LogP contribution in [0.5, 0.6) is 5.75 Å². The van der Waals surface area contributed by atoms with Crippen LogP contribution in [0, 0.1) is 0 Å². The third-order valence-corrected chi connectivity index (χ3v) is 4.30. The monoisotopic (exact) mass is 345 g/mol. The maximum absolute atomic E-state index is 5.73. The average Bonchev–Trinajstić information content (AvgIpc) is 2.98. The molecule has 2 aromatic rings. The van der Waals surface area contributed by atoms with Crippen LogP contribution >= 0.6 is 0 Å². The van der Waals surface area contributed by atoms with Crippen molar-refractivity contribution in [1.82, 2.24) is 14.7 Å². The van der Waals surface area contributed by atoms with Crippen LogP contribution in [0.3, 0.4) is 0 Å². The van der Waals surface area contributed by atoms with Crippen LogP contribution in [-0.2, 0) is 18.3 Å². The lowest BCUT2D eigenvalue weighted by molar-refractivity contribution is 0.172. The van der Waals surface area contributed by atoms with Gasteiger partial charge in [0.05, 0.1) is 18.5 Å². The Hall–Kier alpha value is -1.85. The molecule has 0 aliphatic carbocycles. The van der Waals surface area contributed by atoms with E-state index in [4.69, 9.17) is 9.47 Å². The molecule has 5 heteroatoms. The fourth-order valence-corrected chi connectivity index (χ4v) is 2.78. The lowest BCUT2D eigenvalue weighted by atomic mass is 10.1. The number of unbranched alkanes of at least 4 members (excludes halogenated alkanes) is 1. The van der Waals surface area contributed by atoms with Crippen LogP contribution < -0.4 is 4.74 Å². The van der Waals surface area contributed by atoms with Gasteiger partial charge in [0.15, 0.2) is 0 Å². The summed E-state index contributed by atoms with van der Waals surface area (Å²) in [5.41, 5.74) is 3.61. The first kappa shape index (κ1) is 19.5. The molecule has 1 heterocycles. The predicted octanol–water partition coefficient (Wildman–Crippen LogP) is 3.73. The second-order valence-corrected chi connectivity index (χ2v) is 6.44. The second-order valence-electron chi connectivity index (χ2n) is 6.44. The maximum atomic E-state index is 5.73. The summed E-state index contributed by atoms with van der Waals surface area (Å²) in [5.74, 6) is 0.894. The molecule has 0 N–H and O–H groups in total. The first-order valence-corrected chi connectivity index (χ1v) is 9.07. The summed E-state index contributed by atoms with van der Waals surface area (Å²) >= 11 is 0. The zero-order chi connectivity index (χ0) is 18.1. The van der Waals surface area contributed by atoms with E-state index in [1.165, 1.54) is 29.7 Å². The minimum absolute atomic E-state index is 0.674. The smallest absolute Gasteiger partial charge is 0.119 e. The van der Waals surface area contributed by atoms with E-state index < -0.39 is 0 Å². The number of aromatic nitrogens is 2. The number of rotatable bonds is 11. The number of ether oxygens (including phenoxy) is 2. The normalized spacial score (nSPS) is 11.2. The van der Waals surface area contributed by atoms with Crippen molar-refractivity contribution < 1.29 is 9.47 Å². The van der Waals surface area contributed by atoms with Crippen molar-refractivity contribution >= 4 is 0 Å². The van der Waals surface area contributed by atoms with Crippen molar-refractivity contribution in [2.24, 2.45) is 7.05 Å². The van der Waals surface area contributed by atoms with E-state index in [9.17, 15) is 0 Å². The number of aryl methyl sites for hydroxylation is 1. The Morgan fingerprint density at radius 1 is 1.12 bits per heavy atom. The highest BCUT2D eigenvalue weighted by atomic mass is 16.5. The summed E-state index contributed by atoms with van der Waals surface area (Å²) in [7, 11) is 5.89. The molecule has 0 saturated carbocycles. The van der Waals surface area contributed by atoms with Crippen molar-refractivity contribution in [2.75, 3.05) is 33.9 Å². The van der Waals surface area contributed by atoms with E-state index in [0.29, 0.717) is 6.61 Å². The van der Waals surface area contributed by atoms with Crippen LogP contribution in [-0.4, -0.2) is 48.6 Å². The Bertz CT molecular complexity index is 622. The molecule has 5 nitrogen and oxygen atoms in total. The van der Waals surface area contributed by atoms with E-state index in [1.807, 2.05) is 30.1 Å².